The smallest absolute Gasteiger partial charge is 0.342 e. The number of amides is 1. The molecule has 138 valence electrons. The minimum absolute atomic E-state index is 0.0635. The topological polar surface area (TPSA) is 136 Å². The number of nitrogens with two attached hydrogens (primary N) is 1. The van der Waals surface area contributed by atoms with Crippen LogP contribution in [0, 0.1) is 6.92 Å². The molecule has 0 aliphatic rings. The fourth-order valence-electron chi connectivity index (χ4n) is 2.09. The molecule has 0 saturated heterocycles. The maximum Gasteiger partial charge on any atom is 0.342 e. The highest BCUT2D eigenvalue weighted by atomic mass is 32.2. The number of hydrogen-bond acceptors (Lipinski definition) is 6. The van der Waals surface area contributed by atoms with Gasteiger partial charge in [-0.2, -0.15) is 0 Å². The van der Waals surface area contributed by atoms with Crippen LogP contribution >= 0.6 is 0 Å². The van der Waals surface area contributed by atoms with E-state index in [0.717, 1.165) is 5.56 Å². The first-order valence-electron chi connectivity index (χ1n) is 7.52. The number of aromatic hydroxyl groups is 1. The number of sulfonamides is 1. The Labute approximate surface area is 150 Å². The molecule has 0 aromatic heterocycles. The molecule has 26 heavy (non-hydrogen) atoms. The zero-order valence-electron chi connectivity index (χ0n) is 14.1. The Hall–Kier alpha value is -2.91. The Balaban J connectivity index is 2.07. The van der Waals surface area contributed by atoms with E-state index in [1.165, 1.54) is 43.3 Å². The van der Waals surface area contributed by atoms with Gasteiger partial charge in [0.25, 0.3) is 5.91 Å². The first-order chi connectivity index (χ1) is 12.1. The molecule has 0 spiro atoms. The van der Waals surface area contributed by atoms with Crippen molar-refractivity contribution in [3.05, 3.63) is 53.6 Å². The second-order valence-corrected chi connectivity index (χ2v) is 7.19. The zero-order chi connectivity index (χ0) is 19.5. The third kappa shape index (κ3) is 4.80. The summed E-state index contributed by atoms with van der Waals surface area (Å²) in [5.74, 6) is -1.77. The van der Waals surface area contributed by atoms with Gasteiger partial charge in [0.2, 0.25) is 10.0 Å². The van der Waals surface area contributed by atoms with Crippen molar-refractivity contribution in [1.82, 2.24) is 0 Å². The molecule has 2 rings (SSSR count). The van der Waals surface area contributed by atoms with Crippen molar-refractivity contribution in [2.24, 2.45) is 5.14 Å². The normalized spacial score (nSPS) is 12.3. The SMILES string of the molecule is Cc1ccc(C(=O)O[C@H](C)C(=O)Nc2cccc(S(N)(=O)=O)c2)c(O)c1. The van der Waals surface area contributed by atoms with Gasteiger partial charge in [0, 0.05) is 5.69 Å². The fourth-order valence-corrected chi connectivity index (χ4v) is 2.65. The summed E-state index contributed by atoms with van der Waals surface area (Å²) in [4.78, 5) is 24.1. The predicted octanol–water partition coefficient (Wildman–Crippen LogP) is 1.53. The third-order valence-corrected chi connectivity index (χ3v) is 4.37. The molecule has 2 aromatic rings. The molecule has 0 aliphatic carbocycles. The number of esters is 1. The highest BCUT2D eigenvalue weighted by molar-refractivity contribution is 7.89. The van der Waals surface area contributed by atoms with E-state index in [2.05, 4.69) is 5.32 Å². The number of phenols is 1. The van der Waals surface area contributed by atoms with Gasteiger partial charge in [0.05, 0.1) is 4.90 Å². The number of carbonyl (C=O) groups excluding carboxylic acids is 2. The molecule has 9 heteroatoms. The van der Waals surface area contributed by atoms with Crippen LogP contribution in [-0.4, -0.2) is 31.5 Å². The molecule has 0 bridgehead atoms. The molecule has 8 nitrogen and oxygen atoms in total. The summed E-state index contributed by atoms with van der Waals surface area (Å²) >= 11 is 0. The lowest BCUT2D eigenvalue weighted by molar-refractivity contribution is -0.123. The van der Waals surface area contributed by atoms with Crippen LogP contribution in [0.5, 0.6) is 5.75 Å². The van der Waals surface area contributed by atoms with Crippen LogP contribution in [0.25, 0.3) is 0 Å². The second-order valence-electron chi connectivity index (χ2n) is 5.63. The van der Waals surface area contributed by atoms with Gasteiger partial charge in [-0.15, -0.1) is 0 Å². The van der Waals surface area contributed by atoms with E-state index >= 15 is 0 Å². The van der Waals surface area contributed by atoms with E-state index in [9.17, 15) is 23.1 Å². The summed E-state index contributed by atoms with van der Waals surface area (Å²) < 4.78 is 27.7. The highest BCUT2D eigenvalue weighted by Gasteiger charge is 2.21. The van der Waals surface area contributed by atoms with Crippen molar-refractivity contribution < 1.29 is 27.9 Å². The predicted molar refractivity (Wildman–Crippen MR) is 94.2 cm³/mol. The number of benzene rings is 2. The third-order valence-electron chi connectivity index (χ3n) is 3.46. The first-order valence-corrected chi connectivity index (χ1v) is 9.07. The molecule has 0 radical (unpaired) electrons. The molecule has 0 aliphatic heterocycles. The monoisotopic (exact) mass is 378 g/mol. The molecular formula is C17H18N2O6S. The number of nitrogens with one attached hydrogen (secondary N) is 1. The Kier molecular flexibility index (Phi) is 5.63. The zero-order valence-corrected chi connectivity index (χ0v) is 14.9. The standard InChI is InChI=1S/C17H18N2O6S/c1-10-6-7-14(15(20)8-10)17(22)25-11(2)16(21)19-12-4-3-5-13(9-12)26(18,23)24/h3-9,11,20H,1-2H3,(H,19,21)(H2,18,23,24)/t11-/m1/s1. The van der Waals surface area contributed by atoms with Gasteiger partial charge < -0.3 is 15.2 Å². The maximum atomic E-state index is 12.1. The lowest BCUT2D eigenvalue weighted by Crippen LogP contribution is -2.30. The molecule has 2 aromatic carbocycles. The van der Waals surface area contributed by atoms with E-state index in [4.69, 9.17) is 9.88 Å². The number of hydrogen-bond donors (Lipinski definition) is 3. The van der Waals surface area contributed by atoms with Crippen LogP contribution in [0.1, 0.15) is 22.8 Å². The van der Waals surface area contributed by atoms with Gasteiger partial charge in [0.15, 0.2) is 6.10 Å². The number of carbonyl (C=O) groups is 2. The van der Waals surface area contributed by atoms with Crippen molar-refractivity contribution in [3.63, 3.8) is 0 Å². The van der Waals surface area contributed by atoms with Crippen molar-refractivity contribution in [3.8, 4) is 5.75 Å². The van der Waals surface area contributed by atoms with Crippen LogP contribution < -0.4 is 10.5 Å². The minimum Gasteiger partial charge on any atom is -0.507 e. The summed E-state index contributed by atoms with van der Waals surface area (Å²) in [6, 6.07) is 9.78. The van der Waals surface area contributed by atoms with Crippen LogP contribution in [-0.2, 0) is 19.6 Å². The molecule has 1 amide bonds. The summed E-state index contributed by atoms with van der Waals surface area (Å²) in [6.45, 7) is 3.10. The number of primary sulfonamides is 1. The molecule has 0 saturated carbocycles. The average molecular weight is 378 g/mol. The van der Waals surface area contributed by atoms with Gasteiger partial charge in [0.1, 0.15) is 11.3 Å². The summed E-state index contributed by atoms with van der Waals surface area (Å²) in [5, 5.41) is 17.3. The Bertz CT molecular complexity index is 955. The van der Waals surface area contributed by atoms with E-state index in [1.807, 2.05) is 0 Å². The number of phenolic OH excluding ortho intramolecular Hbond substituents is 1. The average Bonchev–Trinajstić information content (AvgIpc) is 2.54. The van der Waals surface area contributed by atoms with Gasteiger partial charge in [-0.1, -0.05) is 12.1 Å². The summed E-state index contributed by atoms with van der Waals surface area (Å²) in [7, 11) is -3.91. The Morgan fingerprint density at radius 1 is 1.19 bits per heavy atom. The number of aryl methyl sites for hydroxylation is 1. The van der Waals surface area contributed by atoms with Crippen LogP contribution in [0.4, 0.5) is 5.69 Å². The van der Waals surface area contributed by atoms with E-state index in [-0.39, 0.29) is 21.9 Å². The van der Waals surface area contributed by atoms with Gasteiger partial charge in [-0.25, -0.2) is 18.4 Å². The highest BCUT2D eigenvalue weighted by Crippen LogP contribution is 2.20. The summed E-state index contributed by atoms with van der Waals surface area (Å²) in [6.07, 6.45) is -1.18. The van der Waals surface area contributed by atoms with Crippen LogP contribution in [0.3, 0.4) is 0 Å². The number of anilines is 1. The molecule has 0 heterocycles. The quantitative estimate of drug-likeness (QED) is 0.675. The molecule has 1 atom stereocenters. The largest absolute Gasteiger partial charge is 0.507 e. The molecule has 0 unspecified atom stereocenters. The molecule has 4 N–H and O–H groups in total. The number of ether oxygens (including phenoxy) is 1. The Morgan fingerprint density at radius 3 is 2.50 bits per heavy atom. The lowest BCUT2D eigenvalue weighted by Gasteiger charge is -2.14. The maximum absolute atomic E-state index is 12.1. The van der Waals surface area contributed by atoms with Crippen molar-refractivity contribution in [2.75, 3.05) is 5.32 Å². The van der Waals surface area contributed by atoms with Crippen LogP contribution in [0.15, 0.2) is 47.4 Å². The lowest BCUT2D eigenvalue weighted by atomic mass is 10.1. The van der Waals surface area contributed by atoms with E-state index in [0.29, 0.717) is 0 Å². The minimum atomic E-state index is -3.91. The van der Waals surface area contributed by atoms with E-state index in [1.54, 1.807) is 13.0 Å². The molecule has 0 fully saturated rings. The van der Waals surface area contributed by atoms with Crippen molar-refractivity contribution in [2.45, 2.75) is 24.8 Å². The van der Waals surface area contributed by atoms with Crippen molar-refractivity contribution in [1.29, 1.82) is 0 Å². The van der Waals surface area contributed by atoms with Gasteiger partial charge in [-0.3, -0.25) is 4.79 Å². The van der Waals surface area contributed by atoms with Crippen LogP contribution in [0.2, 0.25) is 0 Å². The molecular weight excluding hydrogens is 360 g/mol. The summed E-state index contributed by atoms with van der Waals surface area (Å²) in [5.41, 5.74) is 0.883. The fraction of sp³-hybridized carbons (Fsp3) is 0.176. The van der Waals surface area contributed by atoms with E-state index < -0.39 is 28.0 Å². The Morgan fingerprint density at radius 2 is 1.88 bits per heavy atom. The number of rotatable bonds is 5. The second kappa shape index (κ2) is 7.54. The van der Waals surface area contributed by atoms with Gasteiger partial charge >= 0.3 is 5.97 Å². The van der Waals surface area contributed by atoms with Crippen molar-refractivity contribution >= 4 is 27.6 Å². The first kappa shape index (κ1) is 19.4. The van der Waals surface area contributed by atoms with Gasteiger partial charge in [-0.05, 0) is 49.7 Å².